The Morgan fingerprint density at radius 2 is 1.68 bits per heavy atom. The van der Waals surface area contributed by atoms with Gasteiger partial charge in [0.1, 0.15) is 6.04 Å². The first kappa shape index (κ1) is 24.5. The van der Waals surface area contributed by atoms with Crippen LogP contribution in [0.5, 0.6) is 0 Å². The molecule has 0 saturated carbocycles. The third kappa shape index (κ3) is 7.15. The van der Waals surface area contributed by atoms with Gasteiger partial charge in [0.05, 0.1) is 10.6 Å². The van der Waals surface area contributed by atoms with Crippen LogP contribution in [0.2, 0.25) is 10.0 Å². The first-order valence-electron chi connectivity index (χ1n) is 9.72. The van der Waals surface area contributed by atoms with Gasteiger partial charge in [0.2, 0.25) is 0 Å². The van der Waals surface area contributed by atoms with E-state index in [0.717, 1.165) is 5.69 Å². The Balaban J connectivity index is 2.06. The molecule has 9 heteroatoms. The number of rotatable bonds is 7. The van der Waals surface area contributed by atoms with Gasteiger partial charge in [-0.25, -0.2) is 0 Å². The van der Waals surface area contributed by atoms with Gasteiger partial charge in [-0.1, -0.05) is 43.1 Å². The molecule has 0 bridgehead atoms. The molecule has 1 atom stereocenters. The van der Waals surface area contributed by atoms with Crippen LogP contribution in [0.3, 0.4) is 0 Å². The lowest BCUT2D eigenvalue weighted by molar-refractivity contribution is -0.124. The second-order valence-corrected chi connectivity index (χ2v) is 8.51. The number of nitrogens with zero attached hydrogens (tertiary/aromatic N) is 1. The lowest BCUT2D eigenvalue weighted by atomic mass is 10.0. The molecule has 0 aromatic heterocycles. The van der Waals surface area contributed by atoms with Crippen LogP contribution in [0.1, 0.15) is 41.0 Å². The molecule has 2 rings (SSSR count). The molecule has 0 aliphatic heterocycles. The Morgan fingerprint density at radius 1 is 0.968 bits per heavy atom. The second kappa shape index (κ2) is 11.0. The molecule has 166 valence electrons. The van der Waals surface area contributed by atoms with Crippen LogP contribution in [0.4, 0.5) is 5.69 Å². The molecule has 0 heterocycles. The third-order valence-electron chi connectivity index (χ3n) is 4.43. The van der Waals surface area contributed by atoms with Crippen molar-refractivity contribution in [3.8, 4) is 0 Å². The maximum atomic E-state index is 12.7. The standard InChI is InChI=1S/C22H26Cl2N4O3/c1-13(2)10-19(25-21(30)17-9-8-15(23)12-18(17)24)22(31)27-26-20(29)14-6-5-7-16(11-14)28(3)4/h5-9,11-13,19H,10H2,1-4H3,(H,25,30)(H,26,29)(H,27,31). The van der Waals surface area contributed by atoms with Crippen molar-refractivity contribution < 1.29 is 14.4 Å². The number of anilines is 1. The summed E-state index contributed by atoms with van der Waals surface area (Å²) in [5.41, 5.74) is 6.24. The van der Waals surface area contributed by atoms with Crippen LogP contribution in [0.15, 0.2) is 42.5 Å². The quantitative estimate of drug-likeness (QED) is 0.545. The number of hydrogen-bond donors (Lipinski definition) is 3. The lowest BCUT2D eigenvalue weighted by Crippen LogP contribution is -2.52. The predicted octanol–water partition coefficient (Wildman–Crippen LogP) is 3.67. The molecule has 0 aliphatic carbocycles. The van der Waals surface area contributed by atoms with Crippen molar-refractivity contribution in [3.63, 3.8) is 0 Å². The minimum absolute atomic E-state index is 0.115. The lowest BCUT2D eigenvalue weighted by Gasteiger charge is -2.21. The van der Waals surface area contributed by atoms with Gasteiger partial charge in [0, 0.05) is 30.4 Å². The van der Waals surface area contributed by atoms with Crippen LogP contribution < -0.4 is 21.1 Å². The van der Waals surface area contributed by atoms with Crippen LogP contribution in [-0.4, -0.2) is 37.9 Å². The highest BCUT2D eigenvalue weighted by molar-refractivity contribution is 6.36. The summed E-state index contributed by atoms with van der Waals surface area (Å²) in [7, 11) is 3.73. The molecule has 0 radical (unpaired) electrons. The van der Waals surface area contributed by atoms with E-state index < -0.39 is 23.8 Å². The van der Waals surface area contributed by atoms with Gasteiger partial charge in [-0.2, -0.15) is 0 Å². The van der Waals surface area contributed by atoms with E-state index >= 15 is 0 Å². The predicted molar refractivity (Wildman–Crippen MR) is 124 cm³/mol. The average Bonchev–Trinajstić information content (AvgIpc) is 2.70. The first-order chi connectivity index (χ1) is 14.6. The summed E-state index contributed by atoms with van der Waals surface area (Å²) in [6.07, 6.45) is 0.370. The fourth-order valence-corrected chi connectivity index (χ4v) is 3.31. The van der Waals surface area contributed by atoms with Gasteiger partial charge in [-0.15, -0.1) is 0 Å². The molecular weight excluding hydrogens is 439 g/mol. The summed E-state index contributed by atoms with van der Waals surface area (Å²) in [6, 6.07) is 10.6. The van der Waals surface area contributed by atoms with Crippen molar-refractivity contribution in [2.75, 3.05) is 19.0 Å². The van der Waals surface area contributed by atoms with Crippen molar-refractivity contribution in [2.24, 2.45) is 5.92 Å². The van der Waals surface area contributed by atoms with Gasteiger partial charge < -0.3 is 10.2 Å². The van der Waals surface area contributed by atoms with Gasteiger partial charge in [0.15, 0.2) is 0 Å². The molecule has 7 nitrogen and oxygen atoms in total. The van der Waals surface area contributed by atoms with E-state index in [1.54, 1.807) is 24.3 Å². The Hall–Kier alpha value is -2.77. The molecule has 2 aromatic rings. The summed E-state index contributed by atoms with van der Waals surface area (Å²) >= 11 is 12.0. The number of benzene rings is 2. The van der Waals surface area contributed by atoms with Crippen LogP contribution in [0, 0.1) is 5.92 Å². The largest absolute Gasteiger partial charge is 0.378 e. The van der Waals surface area contributed by atoms with E-state index in [4.69, 9.17) is 23.2 Å². The summed E-state index contributed by atoms with van der Waals surface area (Å²) < 4.78 is 0. The minimum Gasteiger partial charge on any atom is -0.378 e. The SMILES string of the molecule is CC(C)CC(NC(=O)c1ccc(Cl)cc1Cl)C(=O)NNC(=O)c1cccc(N(C)C)c1. The Bertz CT molecular complexity index is 964. The van der Waals surface area contributed by atoms with E-state index in [1.165, 1.54) is 12.1 Å². The molecule has 0 fully saturated rings. The fraction of sp³-hybridized carbons (Fsp3) is 0.318. The highest BCUT2D eigenvalue weighted by Gasteiger charge is 2.24. The maximum absolute atomic E-state index is 12.7. The number of nitrogens with one attached hydrogen (secondary N) is 3. The molecule has 31 heavy (non-hydrogen) atoms. The molecule has 2 aromatic carbocycles. The summed E-state index contributed by atoms with van der Waals surface area (Å²) in [5.74, 6) is -1.40. The van der Waals surface area contributed by atoms with E-state index in [2.05, 4.69) is 16.2 Å². The van der Waals surface area contributed by atoms with Crippen LogP contribution in [-0.2, 0) is 4.79 Å². The Morgan fingerprint density at radius 3 is 2.29 bits per heavy atom. The molecule has 0 spiro atoms. The van der Waals surface area contributed by atoms with Crippen LogP contribution >= 0.6 is 23.2 Å². The van der Waals surface area contributed by atoms with E-state index in [0.29, 0.717) is 17.0 Å². The summed E-state index contributed by atoms with van der Waals surface area (Å²) in [4.78, 5) is 39.6. The molecule has 0 saturated heterocycles. The minimum atomic E-state index is -0.868. The van der Waals surface area contributed by atoms with Gasteiger partial charge >= 0.3 is 0 Å². The number of carbonyl (C=O) groups is 3. The second-order valence-electron chi connectivity index (χ2n) is 7.67. The Kier molecular flexibility index (Phi) is 8.71. The monoisotopic (exact) mass is 464 g/mol. The molecular formula is C22H26Cl2N4O3. The third-order valence-corrected chi connectivity index (χ3v) is 4.98. The topological polar surface area (TPSA) is 90.5 Å². The van der Waals surface area contributed by atoms with Gasteiger partial charge in [-0.3, -0.25) is 25.2 Å². The van der Waals surface area contributed by atoms with Crippen molar-refractivity contribution in [1.82, 2.24) is 16.2 Å². The normalized spacial score (nSPS) is 11.6. The number of carbonyl (C=O) groups excluding carboxylic acids is 3. The molecule has 3 N–H and O–H groups in total. The van der Waals surface area contributed by atoms with Gasteiger partial charge in [-0.05, 0) is 48.7 Å². The first-order valence-corrected chi connectivity index (χ1v) is 10.5. The zero-order chi connectivity index (χ0) is 23.1. The zero-order valence-corrected chi connectivity index (χ0v) is 19.3. The van der Waals surface area contributed by atoms with Crippen molar-refractivity contribution >= 4 is 46.6 Å². The molecule has 1 unspecified atom stereocenters. The average molecular weight is 465 g/mol. The Labute approximate surface area is 192 Å². The molecule has 0 aliphatic rings. The molecule has 3 amide bonds. The van der Waals surface area contributed by atoms with Crippen molar-refractivity contribution in [3.05, 3.63) is 63.6 Å². The van der Waals surface area contributed by atoms with E-state index in [-0.39, 0.29) is 16.5 Å². The zero-order valence-electron chi connectivity index (χ0n) is 17.8. The number of amides is 3. The fourth-order valence-electron chi connectivity index (χ4n) is 2.82. The van der Waals surface area contributed by atoms with Crippen molar-refractivity contribution in [2.45, 2.75) is 26.3 Å². The number of hydrogen-bond acceptors (Lipinski definition) is 4. The summed E-state index contributed by atoms with van der Waals surface area (Å²) in [5, 5.41) is 3.26. The number of hydrazine groups is 1. The van der Waals surface area contributed by atoms with Gasteiger partial charge in [0.25, 0.3) is 17.7 Å². The number of halogens is 2. The van der Waals surface area contributed by atoms with E-state index in [1.807, 2.05) is 38.9 Å². The highest BCUT2D eigenvalue weighted by atomic mass is 35.5. The van der Waals surface area contributed by atoms with E-state index in [9.17, 15) is 14.4 Å². The highest BCUT2D eigenvalue weighted by Crippen LogP contribution is 2.21. The maximum Gasteiger partial charge on any atom is 0.269 e. The summed E-state index contributed by atoms with van der Waals surface area (Å²) in [6.45, 7) is 3.85. The van der Waals surface area contributed by atoms with Crippen LogP contribution in [0.25, 0.3) is 0 Å². The van der Waals surface area contributed by atoms with Crippen molar-refractivity contribution in [1.29, 1.82) is 0 Å². The smallest absolute Gasteiger partial charge is 0.269 e.